The summed E-state index contributed by atoms with van der Waals surface area (Å²) in [5.41, 5.74) is -2.36. The smallest absolute Gasteiger partial charge is 0.302 e. The molecular formula is C12H12F5N. The predicted molar refractivity (Wildman–Crippen MR) is 56.4 cm³/mol. The Hall–Kier alpha value is -1.17. The topological polar surface area (TPSA) is 12.0 Å². The van der Waals surface area contributed by atoms with Gasteiger partial charge in [-0.25, -0.2) is 0 Å². The SMILES string of the molecule is FC(F)(F)C(F)(F)[C@@]1(c2ccccc2)CCCN1. The molecule has 1 N–H and O–H groups in total. The largest absolute Gasteiger partial charge is 0.455 e. The van der Waals surface area contributed by atoms with Crippen LogP contribution in [0.25, 0.3) is 0 Å². The van der Waals surface area contributed by atoms with Crippen LogP contribution in [-0.4, -0.2) is 18.6 Å². The van der Waals surface area contributed by atoms with E-state index in [4.69, 9.17) is 0 Å². The van der Waals surface area contributed by atoms with Gasteiger partial charge in [0.2, 0.25) is 0 Å². The van der Waals surface area contributed by atoms with Gasteiger partial charge in [-0.15, -0.1) is 0 Å². The van der Waals surface area contributed by atoms with Crippen LogP contribution < -0.4 is 5.32 Å². The van der Waals surface area contributed by atoms with Gasteiger partial charge in [-0.3, -0.25) is 0 Å². The molecule has 1 aliphatic rings. The van der Waals surface area contributed by atoms with Crippen molar-refractivity contribution in [3.8, 4) is 0 Å². The lowest BCUT2D eigenvalue weighted by Crippen LogP contribution is -2.59. The molecule has 1 fully saturated rings. The zero-order valence-corrected chi connectivity index (χ0v) is 9.40. The van der Waals surface area contributed by atoms with E-state index < -0.39 is 17.6 Å². The zero-order chi connectivity index (χ0) is 13.4. The molecule has 1 atom stereocenters. The molecule has 100 valence electrons. The summed E-state index contributed by atoms with van der Waals surface area (Å²) in [4.78, 5) is 0. The third-order valence-electron chi connectivity index (χ3n) is 3.31. The van der Waals surface area contributed by atoms with E-state index in [0.29, 0.717) is 6.42 Å². The highest BCUT2D eigenvalue weighted by atomic mass is 19.4. The fourth-order valence-corrected chi connectivity index (χ4v) is 2.40. The van der Waals surface area contributed by atoms with Crippen molar-refractivity contribution in [3.63, 3.8) is 0 Å². The van der Waals surface area contributed by atoms with Crippen LogP contribution in [0.1, 0.15) is 18.4 Å². The molecule has 1 nitrogen and oxygen atoms in total. The second-order valence-electron chi connectivity index (χ2n) is 4.37. The molecule has 0 saturated carbocycles. The average Bonchev–Trinajstić information content (AvgIpc) is 2.79. The highest BCUT2D eigenvalue weighted by molar-refractivity contribution is 5.30. The first-order chi connectivity index (χ1) is 8.31. The van der Waals surface area contributed by atoms with Crippen LogP contribution >= 0.6 is 0 Å². The average molecular weight is 265 g/mol. The van der Waals surface area contributed by atoms with E-state index >= 15 is 0 Å². The van der Waals surface area contributed by atoms with Crippen LogP contribution in [0, 0.1) is 0 Å². The first-order valence-electron chi connectivity index (χ1n) is 5.56. The van der Waals surface area contributed by atoms with Gasteiger partial charge in [-0.2, -0.15) is 22.0 Å². The Balaban J connectivity index is 2.52. The Bertz CT molecular complexity index is 406. The molecule has 0 aromatic heterocycles. The van der Waals surface area contributed by atoms with E-state index in [9.17, 15) is 22.0 Å². The third-order valence-corrected chi connectivity index (χ3v) is 3.31. The van der Waals surface area contributed by atoms with Gasteiger partial charge < -0.3 is 5.32 Å². The number of hydrogen-bond acceptors (Lipinski definition) is 1. The minimum absolute atomic E-state index is 0.0233. The molecule has 18 heavy (non-hydrogen) atoms. The summed E-state index contributed by atoms with van der Waals surface area (Å²) in [6, 6.07) is 7.11. The van der Waals surface area contributed by atoms with Gasteiger partial charge >= 0.3 is 12.1 Å². The lowest BCUT2D eigenvalue weighted by molar-refractivity contribution is -0.312. The Kier molecular flexibility index (Phi) is 3.09. The summed E-state index contributed by atoms with van der Waals surface area (Å²) < 4.78 is 65.5. The molecule has 1 aromatic carbocycles. The monoisotopic (exact) mass is 265 g/mol. The van der Waals surface area contributed by atoms with Crippen molar-refractivity contribution < 1.29 is 22.0 Å². The standard InChI is InChI=1S/C12H12F5N/c13-11(14,12(15,16)17)10(7-4-8-18-10)9-5-2-1-3-6-9/h1-3,5-6,18H,4,7-8H2/t10-/m0/s1. The van der Waals surface area contributed by atoms with Crippen LogP contribution in [0.2, 0.25) is 0 Å². The number of rotatable bonds is 2. The summed E-state index contributed by atoms with van der Waals surface area (Å²) in [5, 5.41) is 2.36. The maximum Gasteiger partial charge on any atom is 0.455 e. The minimum atomic E-state index is -5.57. The van der Waals surface area contributed by atoms with Gasteiger partial charge in [-0.05, 0) is 24.9 Å². The van der Waals surface area contributed by atoms with Gasteiger partial charge in [0.05, 0.1) is 0 Å². The molecule has 0 aliphatic carbocycles. The maximum atomic E-state index is 13.8. The fourth-order valence-electron chi connectivity index (χ4n) is 2.40. The van der Waals surface area contributed by atoms with Gasteiger partial charge in [0.15, 0.2) is 0 Å². The van der Waals surface area contributed by atoms with E-state index in [0.717, 1.165) is 0 Å². The van der Waals surface area contributed by atoms with E-state index in [1.165, 1.54) is 24.3 Å². The maximum absolute atomic E-state index is 13.8. The first kappa shape index (κ1) is 13.3. The van der Waals surface area contributed by atoms with Gasteiger partial charge in [-0.1, -0.05) is 30.3 Å². The quantitative estimate of drug-likeness (QED) is 0.807. The predicted octanol–water partition coefficient (Wildman–Crippen LogP) is 3.46. The van der Waals surface area contributed by atoms with E-state index in [1.807, 2.05) is 0 Å². The Morgan fingerprint density at radius 1 is 1.00 bits per heavy atom. The van der Waals surface area contributed by atoms with E-state index in [2.05, 4.69) is 5.32 Å². The molecule has 0 radical (unpaired) electrons. The summed E-state index contributed by atoms with van der Waals surface area (Å²) in [6.45, 7) is 0.153. The number of benzene rings is 1. The van der Waals surface area contributed by atoms with Crippen LogP contribution in [0.3, 0.4) is 0 Å². The van der Waals surface area contributed by atoms with Crippen molar-refractivity contribution in [1.29, 1.82) is 0 Å². The normalized spacial score (nSPS) is 25.4. The molecule has 6 heteroatoms. The van der Waals surface area contributed by atoms with E-state index in [-0.39, 0.29) is 18.5 Å². The van der Waals surface area contributed by atoms with Gasteiger partial charge in [0.1, 0.15) is 5.54 Å². The molecule has 1 saturated heterocycles. The first-order valence-corrected chi connectivity index (χ1v) is 5.56. The zero-order valence-electron chi connectivity index (χ0n) is 9.40. The molecule has 0 amide bonds. The van der Waals surface area contributed by atoms with Crippen molar-refractivity contribution in [3.05, 3.63) is 35.9 Å². The van der Waals surface area contributed by atoms with Crippen LogP contribution in [0.5, 0.6) is 0 Å². The summed E-state index contributed by atoms with van der Waals surface area (Å²) in [5.74, 6) is -4.79. The minimum Gasteiger partial charge on any atom is -0.302 e. The van der Waals surface area contributed by atoms with Crippen molar-refractivity contribution in [2.75, 3.05) is 6.54 Å². The number of nitrogens with one attached hydrogen (secondary N) is 1. The fraction of sp³-hybridized carbons (Fsp3) is 0.500. The molecule has 1 heterocycles. The molecule has 1 aromatic rings. The Morgan fingerprint density at radius 2 is 1.61 bits per heavy atom. The van der Waals surface area contributed by atoms with Crippen LogP contribution in [0.15, 0.2) is 30.3 Å². The van der Waals surface area contributed by atoms with Crippen molar-refractivity contribution in [2.24, 2.45) is 0 Å². The lowest BCUT2D eigenvalue weighted by Gasteiger charge is -2.38. The number of hydrogen-bond donors (Lipinski definition) is 1. The summed E-state index contributed by atoms with van der Waals surface area (Å²) in [7, 11) is 0. The second kappa shape index (κ2) is 4.19. The molecule has 0 bridgehead atoms. The number of alkyl halides is 5. The summed E-state index contributed by atoms with van der Waals surface area (Å²) >= 11 is 0. The molecule has 2 rings (SSSR count). The highest BCUT2D eigenvalue weighted by Crippen LogP contribution is 2.52. The molecule has 0 spiro atoms. The van der Waals surface area contributed by atoms with Crippen LogP contribution in [0.4, 0.5) is 22.0 Å². The lowest BCUT2D eigenvalue weighted by atomic mass is 9.82. The van der Waals surface area contributed by atoms with Gasteiger partial charge in [0.25, 0.3) is 0 Å². The van der Waals surface area contributed by atoms with Crippen LogP contribution in [-0.2, 0) is 5.54 Å². The molecular weight excluding hydrogens is 253 g/mol. The van der Waals surface area contributed by atoms with Crippen molar-refractivity contribution >= 4 is 0 Å². The molecule has 1 aliphatic heterocycles. The van der Waals surface area contributed by atoms with E-state index in [1.54, 1.807) is 6.07 Å². The van der Waals surface area contributed by atoms with Crippen molar-refractivity contribution in [2.45, 2.75) is 30.5 Å². The third kappa shape index (κ3) is 1.79. The second-order valence-corrected chi connectivity index (χ2v) is 4.37. The Labute approximate surface area is 101 Å². The van der Waals surface area contributed by atoms with Gasteiger partial charge in [0, 0.05) is 0 Å². The molecule has 0 unspecified atom stereocenters. The van der Waals surface area contributed by atoms with Crippen molar-refractivity contribution in [1.82, 2.24) is 5.32 Å². The number of halogens is 5. The Morgan fingerprint density at radius 3 is 2.06 bits per heavy atom. The summed E-state index contributed by atoms with van der Waals surface area (Å²) in [6.07, 6.45) is -5.51. The highest BCUT2D eigenvalue weighted by Gasteiger charge is 2.71.